The zero-order chi connectivity index (χ0) is 12.4. The van der Waals surface area contributed by atoms with Crippen molar-refractivity contribution < 1.29 is 32.4 Å². The Bertz CT molecular complexity index is 53.0. The molecule has 0 aromatic rings. The quantitative estimate of drug-likeness (QED) is 0.660. The largest absolute Gasteiger partial charge is 3.00 e. The number of hydrogen-bond donors (Lipinski definition) is 0. The zero-order valence-electron chi connectivity index (χ0n) is 10.9. The van der Waals surface area contributed by atoms with Crippen LogP contribution in [0.3, 0.4) is 0 Å². The van der Waals surface area contributed by atoms with E-state index in [2.05, 4.69) is 0 Å². The summed E-state index contributed by atoms with van der Waals surface area (Å²) in [4.78, 5) is 0. The normalized spacial score (nSPS) is 7.88. The third-order valence-electron chi connectivity index (χ3n) is 1.49. The molecule has 0 saturated heterocycles. The fourth-order valence-corrected chi connectivity index (χ4v) is 0.433. The van der Waals surface area contributed by atoms with Gasteiger partial charge in [0.2, 0.25) is 0 Å². The number of hydrogen-bond acceptors (Lipinski definition) is 3. The average Bonchev–Trinajstić information content (AvgIpc) is 2.23. The fraction of sp³-hybridized carbons (Fsp3) is 1.00. The van der Waals surface area contributed by atoms with E-state index in [1.807, 2.05) is 20.8 Å². The van der Waals surface area contributed by atoms with Crippen LogP contribution in [0.2, 0.25) is 0 Å². The Morgan fingerprint density at radius 3 is 0.750 bits per heavy atom. The van der Waals surface area contributed by atoms with Gasteiger partial charge in [-0.2, -0.15) is 0 Å². The second kappa shape index (κ2) is 36.1. The second-order valence-electron chi connectivity index (χ2n) is 3.17. The van der Waals surface area contributed by atoms with Gasteiger partial charge in [0.25, 0.3) is 0 Å². The molecule has 0 aromatic heterocycles. The number of rotatable bonds is 6. The van der Waals surface area contributed by atoms with Gasteiger partial charge in [-0.05, 0) is 0 Å². The van der Waals surface area contributed by atoms with Crippen LogP contribution in [0.4, 0.5) is 0 Å². The summed E-state index contributed by atoms with van der Waals surface area (Å²) in [5.41, 5.74) is 0. The Labute approximate surface area is 112 Å². The first-order valence-electron chi connectivity index (χ1n) is 5.99. The zero-order valence-corrected chi connectivity index (χ0v) is 12.0. The molecule has 0 N–H and O–H groups in total. The Kier molecular flexibility index (Phi) is 57.1. The monoisotopic (exact) mass is 275 g/mol. The van der Waals surface area contributed by atoms with Gasteiger partial charge in [-0.1, -0.05) is 59.3 Å². The maximum Gasteiger partial charge on any atom is 3.00 e. The first-order chi connectivity index (χ1) is 7.24. The van der Waals surface area contributed by atoms with Gasteiger partial charge in [-0.15, -0.1) is 19.8 Å². The van der Waals surface area contributed by atoms with Crippen LogP contribution in [0, 0.1) is 0 Å². The van der Waals surface area contributed by atoms with E-state index in [-0.39, 0.29) is 36.9 Å². The molecule has 0 atom stereocenters. The van der Waals surface area contributed by atoms with Crippen LogP contribution in [0.25, 0.3) is 0 Å². The summed E-state index contributed by atoms with van der Waals surface area (Å²) in [6.45, 7) is 6.32. The first kappa shape index (κ1) is 25.3. The van der Waals surface area contributed by atoms with Crippen molar-refractivity contribution in [3.8, 4) is 0 Å². The Morgan fingerprint density at radius 1 is 0.562 bits per heavy atom. The van der Waals surface area contributed by atoms with E-state index in [4.69, 9.17) is 0 Å². The number of unbranched alkanes of at least 4 members (excludes halogenated alkanes) is 3. The van der Waals surface area contributed by atoms with E-state index in [9.17, 15) is 15.3 Å². The molecule has 0 aromatic carbocycles. The van der Waals surface area contributed by atoms with Crippen LogP contribution in [0.1, 0.15) is 59.3 Å². The molecule has 0 bridgehead atoms. The van der Waals surface area contributed by atoms with E-state index in [0.717, 1.165) is 38.5 Å². The van der Waals surface area contributed by atoms with Crippen molar-refractivity contribution in [2.45, 2.75) is 59.3 Å². The molecular formula is C12H27FeO3. The molecule has 0 rings (SSSR count). The van der Waals surface area contributed by atoms with Crippen molar-refractivity contribution in [2.75, 3.05) is 19.8 Å². The summed E-state index contributed by atoms with van der Waals surface area (Å²) in [5, 5.41) is 28.6. The molecule has 0 spiro atoms. The van der Waals surface area contributed by atoms with E-state index in [1.54, 1.807) is 0 Å². The predicted molar refractivity (Wildman–Crippen MR) is 59.3 cm³/mol. The van der Waals surface area contributed by atoms with Crippen molar-refractivity contribution in [3.05, 3.63) is 0 Å². The van der Waals surface area contributed by atoms with Gasteiger partial charge in [0.15, 0.2) is 0 Å². The topological polar surface area (TPSA) is 69.2 Å². The van der Waals surface area contributed by atoms with Gasteiger partial charge >= 0.3 is 17.1 Å². The minimum Gasteiger partial charge on any atom is -0.854 e. The summed E-state index contributed by atoms with van der Waals surface area (Å²) < 4.78 is 0. The van der Waals surface area contributed by atoms with Crippen molar-refractivity contribution in [3.63, 3.8) is 0 Å². The third kappa shape index (κ3) is 63.1. The predicted octanol–water partition coefficient (Wildman–Crippen LogP) is 0.438. The summed E-state index contributed by atoms with van der Waals surface area (Å²) in [6.07, 6.45) is 5.59. The van der Waals surface area contributed by atoms with Crippen molar-refractivity contribution >= 4 is 0 Å². The minimum absolute atomic E-state index is 0. The van der Waals surface area contributed by atoms with Gasteiger partial charge < -0.3 is 15.3 Å². The summed E-state index contributed by atoms with van der Waals surface area (Å²) >= 11 is 0. The van der Waals surface area contributed by atoms with Crippen molar-refractivity contribution in [2.24, 2.45) is 0 Å². The molecule has 3 nitrogen and oxygen atoms in total. The van der Waals surface area contributed by atoms with E-state index < -0.39 is 0 Å². The summed E-state index contributed by atoms with van der Waals surface area (Å²) in [5.74, 6) is 0. The molecule has 0 unspecified atom stereocenters. The summed E-state index contributed by atoms with van der Waals surface area (Å²) in [7, 11) is 0. The minimum atomic E-state index is 0. The molecule has 0 aliphatic rings. The molecule has 0 heterocycles. The van der Waals surface area contributed by atoms with E-state index >= 15 is 0 Å². The molecule has 101 valence electrons. The molecule has 0 aliphatic heterocycles. The SMILES string of the molecule is CCCC[O-].CCCC[O-].CCCC[O-].[Fe+3]. The summed E-state index contributed by atoms with van der Waals surface area (Å²) in [6, 6.07) is 0. The Balaban J connectivity index is -0.0000000655. The van der Waals surface area contributed by atoms with Gasteiger partial charge in [-0.25, -0.2) is 0 Å². The fourth-order valence-electron chi connectivity index (χ4n) is 0.433. The molecule has 0 aliphatic carbocycles. The average molecular weight is 275 g/mol. The molecule has 4 heteroatoms. The van der Waals surface area contributed by atoms with Crippen LogP contribution in [0.15, 0.2) is 0 Å². The smallest absolute Gasteiger partial charge is 0.854 e. The third-order valence-corrected chi connectivity index (χ3v) is 1.49. The van der Waals surface area contributed by atoms with E-state index in [1.165, 1.54) is 0 Å². The van der Waals surface area contributed by atoms with Crippen molar-refractivity contribution in [1.29, 1.82) is 0 Å². The maximum absolute atomic E-state index is 9.53. The molecule has 1 radical (unpaired) electrons. The first-order valence-corrected chi connectivity index (χ1v) is 5.99. The van der Waals surface area contributed by atoms with Crippen LogP contribution in [-0.4, -0.2) is 19.8 Å². The molecule has 0 saturated carbocycles. The van der Waals surface area contributed by atoms with Gasteiger partial charge in [0.05, 0.1) is 0 Å². The standard InChI is InChI=1S/3C4H9O.Fe/c3*1-2-3-4-5;/h3*2-4H2,1H3;/q3*-1;+3. The van der Waals surface area contributed by atoms with Crippen LogP contribution >= 0.6 is 0 Å². The van der Waals surface area contributed by atoms with Crippen LogP contribution in [-0.2, 0) is 17.1 Å². The molecular weight excluding hydrogens is 248 g/mol. The molecule has 16 heavy (non-hydrogen) atoms. The Morgan fingerprint density at radius 2 is 0.750 bits per heavy atom. The second-order valence-corrected chi connectivity index (χ2v) is 3.17. The van der Waals surface area contributed by atoms with Gasteiger partial charge in [0, 0.05) is 0 Å². The maximum atomic E-state index is 9.53. The van der Waals surface area contributed by atoms with Crippen LogP contribution < -0.4 is 15.3 Å². The van der Waals surface area contributed by atoms with Gasteiger partial charge in [0.1, 0.15) is 0 Å². The Hall–Kier alpha value is 0.399. The molecule has 0 amide bonds. The molecule has 0 fully saturated rings. The van der Waals surface area contributed by atoms with Crippen molar-refractivity contribution in [1.82, 2.24) is 0 Å². The van der Waals surface area contributed by atoms with Crippen LogP contribution in [0.5, 0.6) is 0 Å². The van der Waals surface area contributed by atoms with Gasteiger partial charge in [-0.3, -0.25) is 0 Å². The van der Waals surface area contributed by atoms with E-state index in [0.29, 0.717) is 0 Å².